The summed E-state index contributed by atoms with van der Waals surface area (Å²) in [6, 6.07) is 0. The molecule has 0 heterocycles. The minimum Gasteiger partial charge on any atom is -0.398 e. The third-order valence-corrected chi connectivity index (χ3v) is 0.947. The second-order valence-electron chi connectivity index (χ2n) is 1.88. The predicted octanol–water partition coefficient (Wildman–Crippen LogP) is 1.33. The highest BCUT2D eigenvalue weighted by atomic mass is 14.7. The zero-order chi connectivity index (χ0) is 7.11. The number of unbranched alkanes of at least 4 members (excludes halogenated alkanes) is 1. The number of allylic oxidation sites excluding steroid dienone is 2. The quantitative estimate of drug-likeness (QED) is 0.569. The first kappa shape index (κ1) is 8.21. The third kappa shape index (κ3) is 5.07. The minimum absolute atomic E-state index is 0.763. The van der Waals surface area contributed by atoms with Crippen molar-refractivity contribution in [3.63, 3.8) is 0 Å². The minimum atomic E-state index is 0.763. The highest BCUT2D eigenvalue weighted by Gasteiger charge is 1.79. The lowest BCUT2D eigenvalue weighted by Crippen LogP contribution is -1.97. The summed E-state index contributed by atoms with van der Waals surface area (Å²) < 4.78 is 0. The molecule has 2 nitrogen and oxygen atoms in total. The van der Waals surface area contributed by atoms with Gasteiger partial charge in [0.2, 0.25) is 0 Å². The fraction of sp³-hybridized carbons (Fsp3) is 0.571. The van der Waals surface area contributed by atoms with E-state index in [1.165, 1.54) is 0 Å². The van der Waals surface area contributed by atoms with Crippen LogP contribution in [0, 0.1) is 0 Å². The molecule has 0 unspecified atom stereocenters. The van der Waals surface area contributed by atoms with Crippen LogP contribution in [0.4, 0.5) is 0 Å². The lowest BCUT2D eigenvalue weighted by molar-refractivity contribution is 0.952. The van der Waals surface area contributed by atoms with Crippen LogP contribution in [0.3, 0.4) is 0 Å². The van der Waals surface area contributed by atoms with Crippen molar-refractivity contribution in [3.8, 4) is 0 Å². The van der Waals surface area contributed by atoms with Crippen molar-refractivity contribution in [2.24, 2.45) is 10.7 Å². The van der Waals surface area contributed by atoms with E-state index in [9.17, 15) is 0 Å². The molecule has 0 fully saturated rings. The lowest BCUT2D eigenvalue weighted by Gasteiger charge is -1.88. The van der Waals surface area contributed by atoms with Crippen LogP contribution in [0.15, 0.2) is 16.8 Å². The van der Waals surface area contributed by atoms with Gasteiger partial charge in [0.25, 0.3) is 0 Å². The number of hydrogen-bond acceptors (Lipinski definition) is 2. The van der Waals surface area contributed by atoms with Gasteiger partial charge < -0.3 is 5.73 Å². The average molecular weight is 126 g/mol. The van der Waals surface area contributed by atoms with Crippen LogP contribution in [-0.4, -0.2) is 13.3 Å². The smallest absolute Gasteiger partial charge is 0.0454 e. The molecule has 0 aliphatic rings. The van der Waals surface area contributed by atoms with E-state index in [-0.39, 0.29) is 0 Å². The Morgan fingerprint density at radius 2 is 2.33 bits per heavy atom. The van der Waals surface area contributed by atoms with E-state index in [4.69, 9.17) is 5.73 Å². The Bertz CT molecular complexity index is 114. The summed E-state index contributed by atoms with van der Waals surface area (Å²) in [6.07, 6.45) is 5.82. The summed E-state index contributed by atoms with van der Waals surface area (Å²) in [5.74, 6) is 0. The van der Waals surface area contributed by atoms with Crippen molar-refractivity contribution >= 4 is 6.21 Å². The molecule has 0 aromatic heterocycles. The van der Waals surface area contributed by atoms with Gasteiger partial charge in [-0.05, 0) is 6.42 Å². The van der Waals surface area contributed by atoms with E-state index in [1.54, 1.807) is 13.3 Å². The summed E-state index contributed by atoms with van der Waals surface area (Å²) in [6.45, 7) is 2.12. The Labute approximate surface area is 56.5 Å². The normalized spacial score (nSPS) is 12.9. The fourth-order valence-electron chi connectivity index (χ4n) is 0.513. The van der Waals surface area contributed by atoms with Crippen LogP contribution >= 0.6 is 0 Å². The van der Waals surface area contributed by atoms with Crippen LogP contribution < -0.4 is 5.73 Å². The first-order valence-corrected chi connectivity index (χ1v) is 3.19. The van der Waals surface area contributed by atoms with Crippen LogP contribution in [-0.2, 0) is 0 Å². The molecule has 9 heavy (non-hydrogen) atoms. The molecule has 0 bridgehead atoms. The first-order chi connectivity index (χ1) is 4.31. The van der Waals surface area contributed by atoms with Gasteiger partial charge >= 0.3 is 0 Å². The van der Waals surface area contributed by atoms with E-state index in [0.717, 1.165) is 18.5 Å². The molecule has 0 amide bonds. The Morgan fingerprint density at radius 1 is 1.67 bits per heavy atom. The molecular weight excluding hydrogens is 112 g/mol. The molecule has 0 saturated heterocycles. The molecule has 0 aromatic carbocycles. The van der Waals surface area contributed by atoms with E-state index in [1.807, 2.05) is 6.08 Å². The Hall–Kier alpha value is -0.790. The topological polar surface area (TPSA) is 38.4 Å². The van der Waals surface area contributed by atoms with Crippen molar-refractivity contribution in [1.82, 2.24) is 0 Å². The van der Waals surface area contributed by atoms with Crippen LogP contribution in [0.25, 0.3) is 0 Å². The van der Waals surface area contributed by atoms with Crippen molar-refractivity contribution < 1.29 is 0 Å². The summed E-state index contributed by atoms with van der Waals surface area (Å²) in [5, 5.41) is 0. The molecule has 2 N–H and O–H groups in total. The summed E-state index contributed by atoms with van der Waals surface area (Å²) >= 11 is 0. The van der Waals surface area contributed by atoms with E-state index in [0.29, 0.717) is 0 Å². The van der Waals surface area contributed by atoms with Gasteiger partial charge in [-0.15, -0.1) is 0 Å². The van der Waals surface area contributed by atoms with Crippen molar-refractivity contribution in [2.75, 3.05) is 7.05 Å². The molecule has 0 saturated carbocycles. The molecule has 0 aliphatic heterocycles. The highest BCUT2D eigenvalue weighted by Crippen LogP contribution is 1.89. The van der Waals surface area contributed by atoms with Gasteiger partial charge in [-0.3, -0.25) is 4.99 Å². The molecule has 0 aliphatic carbocycles. The van der Waals surface area contributed by atoms with Crippen molar-refractivity contribution in [1.29, 1.82) is 0 Å². The molecular formula is C7H14N2. The molecule has 0 aromatic rings. The highest BCUT2D eigenvalue weighted by molar-refractivity contribution is 5.76. The Kier molecular flexibility index (Phi) is 4.88. The standard InChI is InChI=1S/C7H14N2/c1-3-4-5-7(8)6-9-2/h5-6H,3-4,8H2,1-2H3/b7-5+,9-6?. The Balaban J connectivity index is 3.55. The van der Waals surface area contributed by atoms with Gasteiger partial charge in [0.1, 0.15) is 0 Å². The maximum Gasteiger partial charge on any atom is 0.0454 e. The van der Waals surface area contributed by atoms with Crippen LogP contribution in [0.1, 0.15) is 19.8 Å². The summed E-state index contributed by atoms with van der Waals surface area (Å²) in [4.78, 5) is 3.77. The maximum absolute atomic E-state index is 5.48. The number of aliphatic imine (C=N–C) groups is 1. The van der Waals surface area contributed by atoms with Gasteiger partial charge in [-0.1, -0.05) is 19.4 Å². The van der Waals surface area contributed by atoms with Crippen molar-refractivity contribution in [2.45, 2.75) is 19.8 Å². The van der Waals surface area contributed by atoms with Gasteiger partial charge in [0.15, 0.2) is 0 Å². The molecule has 0 atom stereocenters. The van der Waals surface area contributed by atoms with Crippen molar-refractivity contribution in [3.05, 3.63) is 11.8 Å². The fourth-order valence-corrected chi connectivity index (χ4v) is 0.513. The molecule has 0 rings (SSSR count). The first-order valence-electron chi connectivity index (χ1n) is 3.19. The SMILES string of the molecule is CCC/C=C(/N)C=NC. The van der Waals surface area contributed by atoms with Crippen LogP contribution in [0.5, 0.6) is 0 Å². The number of nitrogens with two attached hydrogens (primary N) is 1. The summed E-state index contributed by atoms with van der Waals surface area (Å²) in [7, 11) is 1.71. The van der Waals surface area contributed by atoms with Gasteiger partial charge in [0, 0.05) is 19.0 Å². The number of hydrogen-bond donors (Lipinski definition) is 1. The molecule has 0 spiro atoms. The third-order valence-electron chi connectivity index (χ3n) is 0.947. The van der Waals surface area contributed by atoms with Gasteiger partial charge in [0.05, 0.1) is 0 Å². The second kappa shape index (κ2) is 5.35. The van der Waals surface area contributed by atoms with Gasteiger partial charge in [-0.2, -0.15) is 0 Å². The monoisotopic (exact) mass is 126 g/mol. The largest absolute Gasteiger partial charge is 0.398 e. The van der Waals surface area contributed by atoms with E-state index in [2.05, 4.69) is 11.9 Å². The van der Waals surface area contributed by atoms with Crippen LogP contribution in [0.2, 0.25) is 0 Å². The zero-order valence-electron chi connectivity index (χ0n) is 6.09. The van der Waals surface area contributed by atoms with Gasteiger partial charge in [-0.25, -0.2) is 0 Å². The molecule has 52 valence electrons. The summed E-state index contributed by atoms with van der Waals surface area (Å²) in [5.41, 5.74) is 6.25. The number of nitrogens with zero attached hydrogens (tertiary/aromatic N) is 1. The molecule has 2 heteroatoms. The van der Waals surface area contributed by atoms with E-state index < -0.39 is 0 Å². The Morgan fingerprint density at radius 3 is 2.78 bits per heavy atom. The lowest BCUT2D eigenvalue weighted by atomic mass is 10.3. The predicted molar refractivity (Wildman–Crippen MR) is 41.6 cm³/mol. The zero-order valence-corrected chi connectivity index (χ0v) is 6.09. The number of rotatable bonds is 3. The van der Waals surface area contributed by atoms with E-state index >= 15 is 0 Å². The molecule has 0 radical (unpaired) electrons. The average Bonchev–Trinajstić information content (AvgIpc) is 1.85. The second-order valence-corrected chi connectivity index (χ2v) is 1.88. The maximum atomic E-state index is 5.48.